The number of fused-ring (bicyclic) bond motifs is 5. The summed E-state index contributed by atoms with van der Waals surface area (Å²) >= 11 is 0. The monoisotopic (exact) mass is 625 g/mol. The van der Waals surface area contributed by atoms with E-state index in [0.717, 1.165) is 0 Å². The Labute approximate surface area is 262 Å². The first-order valence-corrected chi connectivity index (χ1v) is 16.3. The Morgan fingerprint density at radius 1 is 0.955 bits per heavy atom. The van der Waals surface area contributed by atoms with Crippen molar-refractivity contribution in [2.24, 2.45) is 29.6 Å². The van der Waals surface area contributed by atoms with Crippen LogP contribution in [0.5, 0.6) is 0 Å². The van der Waals surface area contributed by atoms with Crippen LogP contribution in [0.3, 0.4) is 0 Å². The van der Waals surface area contributed by atoms with E-state index in [2.05, 4.69) is 0 Å². The van der Waals surface area contributed by atoms with E-state index in [-0.39, 0.29) is 48.8 Å². The van der Waals surface area contributed by atoms with Crippen LogP contribution in [0.25, 0.3) is 0 Å². The molecule has 4 bridgehead atoms. The molecule has 44 heavy (non-hydrogen) atoms. The highest BCUT2D eigenvalue weighted by molar-refractivity contribution is 5.92. The van der Waals surface area contributed by atoms with Gasteiger partial charge in [-0.1, -0.05) is 34.6 Å². The summed E-state index contributed by atoms with van der Waals surface area (Å²) in [5.41, 5.74) is -2.41. The molecular formula is C33H55NO10. The number of Topliss-reactive ketones (excluding diaryl/α,β-unsaturated/α-hetero) is 2. The van der Waals surface area contributed by atoms with Crippen LogP contribution in [0.2, 0.25) is 0 Å². The molecule has 4 heterocycles. The van der Waals surface area contributed by atoms with Gasteiger partial charge in [-0.2, -0.15) is 0 Å². The smallest absolute Gasteiger partial charge is 0.311 e. The molecule has 1 N–H and O–H groups in total. The van der Waals surface area contributed by atoms with Crippen molar-refractivity contribution in [2.75, 3.05) is 27.3 Å². The topological polar surface area (TPSA) is 130 Å². The summed E-state index contributed by atoms with van der Waals surface area (Å²) in [7, 11) is 3.84. The van der Waals surface area contributed by atoms with Gasteiger partial charge >= 0.3 is 5.97 Å². The summed E-state index contributed by atoms with van der Waals surface area (Å²) in [4.78, 5) is 42.4. The Balaban J connectivity index is 1.83. The number of ketones is 2. The van der Waals surface area contributed by atoms with Crippen LogP contribution in [-0.2, 0) is 42.8 Å². The molecule has 0 amide bonds. The Bertz CT molecular complexity index is 1070. The molecule has 4 fully saturated rings. The first-order chi connectivity index (χ1) is 20.5. The van der Waals surface area contributed by atoms with Crippen molar-refractivity contribution in [3.63, 3.8) is 0 Å². The molecule has 11 nitrogen and oxygen atoms in total. The molecule has 15 atom stereocenters. The Morgan fingerprint density at radius 3 is 2.23 bits per heavy atom. The fraction of sp³-hybridized carbons (Fsp3) is 0.909. The fourth-order valence-electron chi connectivity index (χ4n) is 8.29. The predicted octanol–water partition coefficient (Wildman–Crippen LogP) is 2.78. The number of hydrogen-bond donors (Lipinski definition) is 1. The minimum absolute atomic E-state index is 0.0323. The normalized spacial score (nSPS) is 49.4. The largest absolute Gasteiger partial charge is 0.459 e. The predicted molar refractivity (Wildman–Crippen MR) is 161 cm³/mol. The Hall–Kier alpha value is -1.47. The van der Waals surface area contributed by atoms with Gasteiger partial charge in [-0.15, -0.1) is 0 Å². The summed E-state index contributed by atoms with van der Waals surface area (Å²) < 4.78 is 38.3. The molecule has 0 aromatic heterocycles. The number of esters is 1. The van der Waals surface area contributed by atoms with Crippen molar-refractivity contribution in [1.29, 1.82) is 0 Å². The molecule has 4 saturated heterocycles. The van der Waals surface area contributed by atoms with Crippen molar-refractivity contribution in [2.45, 2.75) is 135 Å². The number of carbonyl (C=O) groups excluding carboxylic acids is 3. The van der Waals surface area contributed by atoms with Gasteiger partial charge in [-0.25, -0.2) is 0 Å². The lowest BCUT2D eigenvalue weighted by atomic mass is 9.75. The van der Waals surface area contributed by atoms with E-state index in [4.69, 9.17) is 28.4 Å². The number of rotatable bonds is 4. The average Bonchev–Trinajstić information content (AvgIpc) is 3.21. The standard InChI is InChI=1S/C33H55NO10/c1-12-23-33(9)28(37)18(4)26(44-33)16(2)13-32(8)29(43-31-25(36)24(34(10)11)17(3)21(7)41-31)19(5)27(20(6)30(38)42-23)39-14-22(35)15-40-32/h16-21,23-27,29,31,36H,12-15H2,1-11H3/t16-,17-,18?,19+,20-,21-,23-,24+,25-,26?,27+,29-,31+,32+,33?/m1/s1. The summed E-state index contributed by atoms with van der Waals surface area (Å²) in [6.07, 6.45) is -4.31. The van der Waals surface area contributed by atoms with Crippen molar-refractivity contribution in [1.82, 2.24) is 4.90 Å². The first-order valence-electron chi connectivity index (χ1n) is 16.3. The molecule has 252 valence electrons. The Kier molecular flexibility index (Phi) is 10.7. The number of nitrogens with zero attached hydrogens (tertiary/aromatic N) is 1. The van der Waals surface area contributed by atoms with Gasteiger partial charge in [-0.3, -0.25) is 14.4 Å². The summed E-state index contributed by atoms with van der Waals surface area (Å²) in [5, 5.41) is 11.6. The number of likely N-dealkylation sites (N-methyl/N-ethyl adjacent to an activating group) is 1. The molecular weight excluding hydrogens is 570 g/mol. The molecule has 0 aromatic carbocycles. The second kappa shape index (κ2) is 13.3. The number of aliphatic hydroxyl groups is 1. The van der Waals surface area contributed by atoms with Gasteiger partial charge in [0, 0.05) is 23.8 Å². The minimum atomic E-state index is -1.30. The molecule has 0 spiro atoms. The van der Waals surface area contributed by atoms with Gasteiger partial charge in [-0.05, 0) is 60.5 Å². The van der Waals surface area contributed by atoms with Gasteiger partial charge in [0.1, 0.15) is 25.4 Å². The SMILES string of the molecule is CC[C@H]1OC(=O)[C@H](C)[C@H]2OCC(=O)CO[C@@](C)(C[C@@H](C)C3OC1(C)C(=O)C3C)[C@H](O[C@@H]1O[C@H](C)[C@@H](C)[C@H](N(C)C)[C@H]1O)[C@H]2C. The van der Waals surface area contributed by atoms with Gasteiger partial charge < -0.3 is 38.4 Å². The zero-order chi connectivity index (χ0) is 32.9. The van der Waals surface area contributed by atoms with E-state index in [1.807, 2.05) is 67.5 Å². The third-order valence-corrected chi connectivity index (χ3v) is 10.9. The van der Waals surface area contributed by atoms with Gasteiger partial charge in [0.15, 0.2) is 23.5 Å². The first kappa shape index (κ1) is 35.4. The van der Waals surface area contributed by atoms with Crippen LogP contribution in [-0.4, -0.2) is 115 Å². The second-order valence-corrected chi connectivity index (χ2v) is 14.5. The van der Waals surface area contributed by atoms with Gasteiger partial charge in [0.05, 0.1) is 35.9 Å². The zero-order valence-corrected chi connectivity index (χ0v) is 28.4. The van der Waals surface area contributed by atoms with Crippen LogP contribution in [0, 0.1) is 29.6 Å². The van der Waals surface area contributed by atoms with Crippen LogP contribution >= 0.6 is 0 Å². The number of cyclic esters (lactones) is 1. The maximum atomic E-state index is 13.8. The van der Waals surface area contributed by atoms with E-state index < -0.39 is 71.7 Å². The molecule has 3 unspecified atom stereocenters. The van der Waals surface area contributed by atoms with Gasteiger partial charge in [0.2, 0.25) is 0 Å². The second-order valence-electron chi connectivity index (χ2n) is 14.5. The van der Waals surface area contributed by atoms with Crippen LogP contribution < -0.4 is 0 Å². The van der Waals surface area contributed by atoms with Crippen molar-refractivity contribution < 1.29 is 47.9 Å². The lowest BCUT2D eigenvalue weighted by Gasteiger charge is -2.50. The van der Waals surface area contributed by atoms with Crippen LogP contribution in [0.1, 0.15) is 75.2 Å². The van der Waals surface area contributed by atoms with Crippen LogP contribution in [0.15, 0.2) is 0 Å². The summed E-state index contributed by atoms with van der Waals surface area (Å²) in [6.45, 7) is 16.5. The number of ether oxygens (including phenoxy) is 6. The number of hydrogen-bond acceptors (Lipinski definition) is 11. The molecule has 4 rings (SSSR count). The van der Waals surface area contributed by atoms with Gasteiger partial charge in [0.25, 0.3) is 0 Å². The van der Waals surface area contributed by atoms with E-state index in [9.17, 15) is 19.5 Å². The highest BCUT2D eigenvalue weighted by atomic mass is 16.7. The van der Waals surface area contributed by atoms with Crippen molar-refractivity contribution >= 4 is 17.5 Å². The lowest BCUT2D eigenvalue weighted by Crippen LogP contribution is -2.62. The molecule has 4 aliphatic heterocycles. The van der Waals surface area contributed by atoms with E-state index in [1.165, 1.54) is 0 Å². The number of carbonyl (C=O) groups is 3. The maximum absolute atomic E-state index is 13.8. The molecule has 11 heteroatoms. The zero-order valence-electron chi connectivity index (χ0n) is 28.4. The maximum Gasteiger partial charge on any atom is 0.311 e. The van der Waals surface area contributed by atoms with Crippen molar-refractivity contribution in [3.8, 4) is 0 Å². The van der Waals surface area contributed by atoms with E-state index >= 15 is 0 Å². The molecule has 4 aliphatic rings. The van der Waals surface area contributed by atoms with E-state index in [0.29, 0.717) is 12.8 Å². The number of aliphatic hydroxyl groups excluding tert-OH is 1. The summed E-state index contributed by atoms with van der Waals surface area (Å²) in [5.74, 6) is -2.88. The third kappa shape index (κ3) is 6.39. The highest BCUT2D eigenvalue weighted by Gasteiger charge is 2.59. The quantitative estimate of drug-likeness (QED) is 0.463. The highest BCUT2D eigenvalue weighted by Crippen LogP contribution is 2.45. The third-order valence-electron chi connectivity index (χ3n) is 10.9. The van der Waals surface area contributed by atoms with E-state index in [1.54, 1.807) is 13.8 Å². The molecule has 0 aliphatic carbocycles. The Morgan fingerprint density at radius 2 is 1.61 bits per heavy atom. The minimum Gasteiger partial charge on any atom is -0.459 e. The average molecular weight is 626 g/mol. The summed E-state index contributed by atoms with van der Waals surface area (Å²) in [6, 6.07) is -0.236. The van der Waals surface area contributed by atoms with Crippen molar-refractivity contribution in [3.05, 3.63) is 0 Å². The molecule has 0 aromatic rings. The molecule has 0 radical (unpaired) electrons. The van der Waals surface area contributed by atoms with Crippen LogP contribution in [0.4, 0.5) is 0 Å². The fourth-order valence-corrected chi connectivity index (χ4v) is 8.29. The lowest BCUT2D eigenvalue weighted by molar-refractivity contribution is -0.312. The molecule has 0 saturated carbocycles.